The van der Waals surface area contributed by atoms with E-state index in [9.17, 15) is 27.6 Å². The highest BCUT2D eigenvalue weighted by molar-refractivity contribution is 5.88. The van der Waals surface area contributed by atoms with E-state index in [0.717, 1.165) is 12.1 Å². The Morgan fingerprint density at radius 1 is 1.36 bits per heavy atom. The summed E-state index contributed by atoms with van der Waals surface area (Å²) in [4.78, 5) is 36.2. The smallest absolute Gasteiger partial charge is 0.416 e. The summed E-state index contributed by atoms with van der Waals surface area (Å²) in [5.41, 5.74) is -0.472. The zero-order valence-electron chi connectivity index (χ0n) is 13.4. The normalized spacial score (nSPS) is 17.5. The molecule has 0 bridgehead atoms. The Morgan fingerprint density at radius 3 is 2.72 bits per heavy atom. The van der Waals surface area contributed by atoms with E-state index in [4.69, 9.17) is 4.74 Å². The third-order valence-corrected chi connectivity index (χ3v) is 3.80. The Morgan fingerprint density at radius 2 is 2.08 bits per heavy atom. The van der Waals surface area contributed by atoms with Gasteiger partial charge in [-0.15, -0.1) is 0 Å². The highest BCUT2D eigenvalue weighted by atomic mass is 19.4. The lowest BCUT2D eigenvalue weighted by Gasteiger charge is -2.17. The second-order valence-corrected chi connectivity index (χ2v) is 5.65. The van der Waals surface area contributed by atoms with Gasteiger partial charge in [-0.3, -0.25) is 14.4 Å². The molecule has 1 atom stereocenters. The summed E-state index contributed by atoms with van der Waals surface area (Å²) in [5, 5.41) is 2.29. The predicted molar refractivity (Wildman–Crippen MR) is 80.0 cm³/mol. The molecule has 0 aliphatic carbocycles. The topological polar surface area (TPSA) is 75.7 Å². The van der Waals surface area contributed by atoms with E-state index in [1.165, 1.54) is 24.1 Å². The molecule has 0 unspecified atom stereocenters. The number of likely N-dealkylation sites (N-methyl/N-ethyl adjacent to an activating group) is 1. The zero-order valence-corrected chi connectivity index (χ0v) is 13.4. The summed E-state index contributed by atoms with van der Waals surface area (Å²) in [6.45, 7) is -0.419. The van der Waals surface area contributed by atoms with E-state index in [1.807, 2.05) is 0 Å². The van der Waals surface area contributed by atoms with Gasteiger partial charge in [0.15, 0.2) is 6.61 Å². The van der Waals surface area contributed by atoms with Crippen LogP contribution >= 0.6 is 0 Å². The number of hydrogen-bond donors (Lipinski definition) is 1. The van der Waals surface area contributed by atoms with Crippen LogP contribution in [0.1, 0.15) is 17.5 Å². The van der Waals surface area contributed by atoms with Gasteiger partial charge in [-0.1, -0.05) is 12.1 Å². The Labute approximate surface area is 141 Å². The first kappa shape index (κ1) is 18.8. The molecule has 136 valence electrons. The molecule has 1 aromatic rings. The van der Waals surface area contributed by atoms with Crippen LogP contribution in [-0.2, 0) is 31.8 Å². The Kier molecular flexibility index (Phi) is 5.66. The molecule has 1 aromatic carbocycles. The average molecular weight is 358 g/mol. The summed E-state index contributed by atoms with van der Waals surface area (Å²) in [5.74, 6) is -2.23. The fraction of sp³-hybridized carbons (Fsp3) is 0.438. The second-order valence-electron chi connectivity index (χ2n) is 5.65. The highest BCUT2D eigenvalue weighted by Crippen LogP contribution is 2.30. The van der Waals surface area contributed by atoms with Crippen molar-refractivity contribution in [2.24, 2.45) is 5.92 Å². The van der Waals surface area contributed by atoms with Crippen molar-refractivity contribution in [3.63, 3.8) is 0 Å². The maximum atomic E-state index is 12.7. The predicted octanol–water partition coefficient (Wildman–Crippen LogP) is 1.34. The molecule has 0 radical (unpaired) electrons. The average Bonchev–Trinajstić information content (AvgIpc) is 2.92. The van der Waals surface area contributed by atoms with E-state index >= 15 is 0 Å². The first-order valence-corrected chi connectivity index (χ1v) is 7.52. The molecule has 1 aliphatic rings. The van der Waals surface area contributed by atoms with Gasteiger partial charge in [0, 0.05) is 26.6 Å². The Balaban J connectivity index is 1.97. The SMILES string of the molecule is CNC(=O)COC(=O)[C@@H]1CC(=O)N(Cc2cccc(C(F)(F)F)c2)C1. The lowest BCUT2D eigenvalue weighted by molar-refractivity contribution is -0.152. The van der Waals surface area contributed by atoms with Gasteiger partial charge in [-0.25, -0.2) is 0 Å². The van der Waals surface area contributed by atoms with E-state index in [2.05, 4.69) is 5.32 Å². The van der Waals surface area contributed by atoms with Gasteiger partial charge in [0.05, 0.1) is 11.5 Å². The van der Waals surface area contributed by atoms with Crippen LogP contribution in [0.25, 0.3) is 0 Å². The number of nitrogens with zero attached hydrogens (tertiary/aromatic N) is 1. The van der Waals surface area contributed by atoms with Crippen molar-refractivity contribution >= 4 is 17.8 Å². The minimum Gasteiger partial charge on any atom is -0.455 e. The minimum absolute atomic E-state index is 0.0258. The third kappa shape index (κ3) is 4.94. The number of esters is 1. The molecular weight excluding hydrogens is 341 g/mol. The monoisotopic (exact) mass is 358 g/mol. The van der Waals surface area contributed by atoms with Gasteiger partial charge in [-0.05, 0) is 17.7 Å². The minimum atomic E-state index is -4.46. The number of benzene rings is 1. The molecule has 1 heterocycles. The van der Waals surface area contributed by atoms with Gasteiger partial charge in [0.2, 0.25) is 5.91 Å². The van der Waals surface area contributed by atoms with Crippen molar-refractivity contribution in [2.75, 3.05) is 20.2 Å². The summed E-state index contributed by atoms with van der Waals surface area (Å²) in [6, 6.07) is 4.69. The largest absolute Gasteiger partial charge is 0.455 e. The lowest BCUT2D eigenvalue weighted by Crippen LogP contribution is -2.29. The molecule has 1 aliphatic heterocycles. The number of alkyl halides is 3. The van der Waals surface area contributed by atoms with Gasteiger partial charge in [-0.2, -0.15) is 13.2 Å². The number of rotatable bonds is 5. The zero-order chi connectivity index (χ0) is 18.6. The number of carbonyl (C=O) groups is 3. The lowest BCUT2D eigenvalue weighted by atomic mass is 10.1. The highest BCUT2D eigenvalue weighted by Gasteiger charge is 2.36. The van der Waals surface area contributed by atoms with Gasteiger partial charge < -0.3 is 15.0 Å². The quantitative estimate of drug-likeness (QED) is 0.806. The molecule has 6 nitrogen and oxygen atoms in total. The second kappa shape index (κ2) is 7.54. The van der Waals surface area contributed by atoms with Crippen LogP contribution in [0.4, 0.5) is 13.2 Å². The van der Waals surface area contributed by atoms with Crippen LogP contribution in [0.3, 0.4) is 0 Å². The van der Waals surface area contributed by atoms with Crippen molar-refractivity contribution in [3.8, 4) is 0 Å². The number of halogens is 3. The molecule has 1 saturated heterocycles. The third-order valence-electron chi connectivity index (χ3n) is 3.80. The summed E-state index contributed by atoms with van der Waals surface area (Å²) in [7, 11) is 1.39. The molecule has 1 N–H and O–H groups in total. The molecular formula is C16H17F3N2O4. The van der Waals surface area contributed by atoms with Crippen LogP contribution in [0.2, 0.25) is 0 Å². The molecule has 0 spiro atoms. The fourth-order valence-electron chi connectivity index (χ4n) is 2.48. The van der Waals surface area contributed by atoms with Crippen molar-refractivity contribution in [2.45, 2.75) is 19.1 Å². The van der Waals surface area contributed by atoms with Crippen molar-refractivity contribution in [1.82, 2.24) is 10.2 Å². The summed E-state index contributed by atoms with van der Waals surface area (Å²) < 4.78 is 43.0. The van der Waals surface area contributed by atoms with Crippen LogP contribution in [0.5, 0.6) is 0 Å². The van der Waals surface area contributed by atoms with E-state index < -0.39 is 36.1 Å². The molecule has 25 heavy (non-hydrogen) atoms. The summed E-state index contributed by atoms with van der Waals surface area (Å²) >= 11 is 0. The Hall–Kier alpha value is -2.58. The molecule has 2 rings (SSSR count). The molecule has 0 saturated carbocycles. The molecule has 9 heteroatoms. The Bertz CT molecular complexity index is 676. The maximum Gasteiger partial charge on any atom is 0.416 e. The van der Waals surface area contributed by atoms with Gasteiger partial charge in [0.1, 0.15) is 0 Å². The number of hydrogen-bond acceptors (Lipinski definition) is 4. The van der Waals surface area contributed by atoms with Crippen molar-refractivity contribution in [3.05, 3.63) is 35.4 Å². The maximum absolute atomic E-state index is 12.7. The van der Waals surface area contributed by atoms with Gasteiger partial charge >= 0.3 is 12.1 Å². The number of carbonyl (C=O) groups excluding carboxylic acids is 3. The fourth-order valence-corrected chi connectivity index (χ4v) is 2.48. The first-order chi connectivity index (χ1) is 11.7. The summed E-state index contributed by atoms with van der Waals surface area (Å²) in [6.07, 6.45) is -4.55. The van der Waals surface area contributed by atoms with E-state index in [-0.39, 0.29) is 25.4 Å². The van der Waals surface area contributed by atoms with Crippen LogP contribution in [-0.4, -0.2) is 42.9 Å². The number of nitrogens with one attached hydrogen (secondary N) is 1. The first-order valence-electron chi connectivity index (χ1n) is 7.52. The van der Waals surface area contributed by atoms with Crippen LogP contribution < -0.4 is 5.32 Å². The molecule has 0 aromatic heterocycles. The van der Waals surface area contributed by atoms with E-state index in [1.54, 1.807) is 0 Å². The number of ether oxygens (including phenoxy) is 1. The van der Waals surface area contributed by atoms with Crippen LogP contribution in [0.15, 0.2) is 24.3 Å². The van der Waals surface area contributed by atoms with Crippen molar-refractivity contribution < 1.29 is 32.3 Å². The standard InChI is InChI=1S/C16H17F3N2O4/c1-20-13(22)9-25-15(24)11-6-14(23)21(8-11)7-10-3-2-4-12(5-10)16(17,18)19/h2-5,11H,6-9H2,1H3,(H,20,22)/t11-/m1/s1. The molecule has 1 fully saturated rings. The number of amides is 2. The van der Waals surface area contributed by atoms with Gasteiger partial charge in [0.25, 0.3) is 5.91 Å². The van der Waals surface area contributed by atoms with E-state index in [0.29, 0.717) is 5.56 Å². The van der Waals surface area contributed by atoms with Crippen LogP contribution in [0, 0.1) is 5.92 Å². The molecule has 2 amide bonds. The van der Waals surface area contributed by atoms with Crippen molar-refractivity contribution in [1.29, 1.82) is 0 Å². The number of likely N-dealkylation sites (tertiary alicyclic amines) is 1.